The largest absolute Gasteiger partial charge is 0.344 e. The van der Waals surface area contributed by atoms with Crippen LogP contribution in [0.5, 0.6) is 0 Å². The Labute approximate surface area is 168 Å². The molecule has 1 aromatic carbocycles. The summed E-state index contributed by atoms with van der Waals surface area (Å²) in [6.45, 7) is 3.93. The molecule has 1 aromatic heterocycles. The van der Waals surface area contributed by atoms with Crippen molar-refractivity contribution in [3.8, 4) is 0 Å². The lowest BCUT2D eigenvalue weighted by molar-refractivity contribution is -0.123. The van der Waals surface area contributed by atoms with Crippen molar-refractivity contribution in [2.24, 2.45) is 0 Å². The number of rotatable bonds is 7. The van der Waals surface area contributed by atoms with Gasteiger partial charge in [-0.3, -0.25) is 4.79 Å². The lowest BCUT2D eigenvalue weighted by Crippen LogP contribution is -2.41. The molecule has 3 atom stereocenters. The highest BCUT2D eigenvalue weighted by molar-refractivity contribution is 8.00. The smallest absolute Gasteiger partial charge is 0.315 e. The molecular weight excluding hydrogens is 374 g/mol. The number of hydrogen-bond acceptors (Lipinski definition) is 4. The molecule has 7 nitrogen and oxygen atoms in total. The van der Waals surface area contributed by atoms with Crippen LogP contribution in [0.2, 0.25) is 0 Å². The quantitative estimate of drug-likeness (QED) is 0.423. The molecule has 0 unspecified atom stereocenters. The lowest BCUT2D eigenvalue weighted by Gasteiger charge is -2.24. The van der Waals surface area contributed by atoms with E-state index in [0.717, 1.165) is 41.9 Å². The molecule has 8 heteroatoms. The van der Waals surface area contributed by atoms with Gasteiger partial charge < -0.3 is 20.9 Å². The van der Waals surface area contributed by atoms with E-state index in [1.54, 1.807) is 0 Å². The summed E-state index contributed by atoms with van der Waals surface area (Å²) in [6.07, 6.45) is 3.35. The van der Waals surface area contributed by atoms with E-state index in [0.29, 0.717) is 11.7 Å². The second-order valence-electron chi connectivity index (χ2n) is 8.14. The van der Waals surface area contributed by atoms with Crippen LogP contribution in [0.3, 0.4) is 0 Å². The fourth-order valence-corrected chi connectivity index (χ4v) is 5.54. The Morgan fingerprint density at radius 1 is 1.29 bits per heavy atom. The van der Waals surface area contributed by atoms with Crippen molar-refractivity contribution in [1.82, 2.24) is 25.9 Å². The van der Waals surface area contributed by atoms with Gasteiger partial charge in [0.25, 0.3) is 0 Å². The number of benzene rings is 1. The number of unbranched alkanes of at least 4 members (excludes halogenated alkanes) is 1. The SMILES string of the molecule is CC(C)(NC(=O)CCCC[C@@H]1SC[C@@H]2NC(=O)N[C@@H]21)c1nc2ccccc2[nH]1. The molecule has 4 N–H and O–H groups in total. The topological polar surface area (TPSA) is 98.9 Å². The predicted octanol–water partition coefficient (Wildman–Crippen LogP) is 2.64. The fourth-order valence-electron chi connectivity index (χ4n) is 3.99. The Hall–Kier alpha value is -2.22. The molecule has 2 aliphatic heterocycles. The van der Waals surface area contributed by atoms with Crippen LogP contribution in [0.25, 0.3) is 11.0 Å². The zero-order valence-electron chi connectivity index (χ0n) is 16.2. The molecule has 150 valence electrons. The van der Waals surface area contributed by atoms with Gasteiger partial charge in [-0.1, -0.05) is 18.6 Å². The van der Waals surface area contributed by atoms with Crippen LogP contribution >= 0.6 is 11.8 Å². The maximum atomic E-state index is 12.4. The third-order valence-electron chi connectivity index (χ3n) is 5.51. The van der Waals surface area contributed by atoms with Crippen molar-refractivity contribution < 1.29 is 9.59 Å². The van der Waals surface area contributed by atoms with Crippen LogP contribution in [-0.2, 0) is 10.3 Å². The summed E-state index contributed by atoms with van der Waals surface area (Å²) in [6, 6.07) is 8.31. The van der Waals surface area contributed by atoms with Gasteiger partial charge >= 0.3 is 6.03 Å². The molecule has 3 amide bonds. The minimum absolute atomic E-state index is 0.0400. The summed E-state index contributed by atoms with van der Waals surface area (Å²) >= 11 is 1.91. The molecular formula is C20H27N5O2S. The molecule has 0 bridgehead atoms. The van der Waals surface area contributed by atoms with Gasteiger partial charge in [-0.05, 0) is 38.8 Å². The average Bonchev–Trinajstić information content (AvgIpc) is 3.32. The number of thioether (sulfide) groups is 1. The van der Waals surface area contributed by atoms with Crippen molar-refractivity contribution in [3.63, 3.8) is 0 Å². The Kier molecular flexibility index (Phi) is 5.23. The average molecular weight is 402 g/mol. The van der Waals surface area contributed by atoms with E-state index in [9.17, 15) is 9.59 Å². The number of carbonyl (C=O) groups is 2. The van der Waals surface area contributed by atoms with E-state index in [1.807, 2.05) is 49.9 Å². The first-order valence-corrected chi connectivity index (χ1v) is 10.9. The number of hydrogen-bond donors (Lipinski definition) is 4. The zero-order valence-corrected chi connectivity index (χ0v) is 17.1. The van der Waals surface area contributed by atoms with Crippen molar-refractivity contribution in [3.05, 3.63) is 30.1 Å². The number of carbonyl (C=O) groups excluding carboxylic acids is 2. The third-order valence-corrected chi connectivity index (χ3v) is 7.02. The molecule has 0 saturated carbocycles. The number of aromatic nitrogens is 2. The Bertz CT molecular complexity index is 847. The van der Waals surface area contributed by atoms with E-state index in [4.69, 9.17) is 0 Å². The molecule has 2 aromatic rings. The van der Waals surface area contributed by atoms with Gasteiger partial charge in [0.15, 0.2) is 0 Å². The van der Waals surface area contributed by atoms with Crippen molar-refractivity contribution in [2.75, 3.05) is 5.75 Å². The number of urea groups is 1. The molecule has 2 aliphatic rings. The van der Waals surface area contributed by atoms with E-state index < -0.39 is 5.54 Å². The number of nitrogens with one attached hydrogen (secondary N) is 4. The van der Waals surface area contributed by atoms with E-state index in [2.05, 4.69) is 25.9 Å². The summed E-state index contributed by atoms with van der Waals surface area (Å²) in [5.74, 6) is 1.78. The second kappa shape index (κ2) is 7.66. The highest BCUT2D eigenvalue weighted by Crippen LogP contribution is 2.33. The molecule has 28 heavy (non-hydrogen) atoms. The van der Waals surface area contributed by atoms with E-state index >= 15 is 0 Å². The van der Waals surface area contributed by atoms with Gasteiger partial charge in [-0.15, -0.1) is 0 Å². The van der Waals surface area contributed by atoms with Crippen LogP contribution in [0, 0.1) is 0 Å². The number of nitrogens with zero attached hydrogens (tertiary/aromatic N) is 1. The minimum Gasteiger partial charge on any atom is -0.344 e. The molecule has 0 spiro atoms. The monoisotopic (exact) mass is 401 g/mol. The Morgan fingerprint density at radius 2 is 2.11 bits per heavy atom. The number of imidazole rings is 1. The Balaban J connectivity index is 1.23. The number of H-pyrrole nitrogens is 1. The molecule has 0 radical (unpaired) electrons. The highest BCUT2D eigenvalue weighted by Gasteiger charge is 2.42. The van der Waals surface area contributed by atoms with Crippen molar-refractivity contribution in [1.29, 1.82) is 0 Å². The first-order valence-electron chi connectivity index (χ1n) is 9.87. The summed E-state index contributed by atoms with van der Waals surface area (Å²) in [7, 11) is 0. The van der Waals surface area contributed by atoms with Gasteiger partial charge in [0, 0.05) is 17.4 Å². The molecule has 0 aliphatic carbocycles. The van der Waals surface area contributed by atoms with Crippen LogP contribution in [-0.4, -0.2) is 45.0 Å². The lowest BCUT2D eigenvalue weighted by atomic mass is 10.0. The molecule has 2 saturated heterocycles. The maximum Gasteiger partial charge on any atom is 0.315 e. The van der Waals surface area contributed by atoms with Crippen molar-refractivity contribution >= 4 is 34.7 Å². The summed E-state index contributed by atoms with van der Waals surface area (Å²) < 4.78 is 0. The molecule has 2 fully saturated rings. The first kappa shape index (κ1) is 19.1. The number of fused-ring (bicyclic) bond motifs is 2. The highest BCUT2D eigenvalue weighted by atomic mass is 32.2. The number of amides is 3. The molecule has 3 heterocycles. The number of aromatic amines is 1. The van der Waals surface area contributed by atoms with Gasteiger partial charge in [0.2, 0.25) is 5.91 Å². The third kappa shape index (κ3) is 3.97. The van der Waals surface area contributed by atoms with Crippen LogP contribution < -0.4 is 16.0 Å². The van der Waals surface area contributed by atoms with E-state index in [-0.39, 0.29) is 24.0 Å². The number of para-hydroxylation sites is 2. The maximum absolute atomic E-state index is 12.4. The minimum atomic E-state index is -0.551. The van der Waals surface area contributed by atoms with Gasteiger partial charge in [0.1, 0.15) is 5.82 Å². The van der Waals surface area contributed by atoms with Gasteiger partial charge in [0.05, 0.1) is 28.7 Å². The van der Waals surface area contributed by atoms with Crippen LogP contribution in [0.15, 0.2) is 24.3 Å². The normalized spacial score (nSPS) is 24.1. The second-order valence-corrected chi connectivity index (χ2v) is 9.42. The van der Waals surface area contributed by atoms with Gasteiger partial charge in [-0.2, -0.15) is 11.8 Å². The van der Waals surface area contributed by atoms with Crippen LogP contribution in [0.1, 0.15) is 45.4 Å². The van der Waals surface area contributed by atoms with Crippen LogP contribution in [0.4, 0.5) is 4.79 Å². The molecule has 4 rings (SSSR count). The standard InChI is InChI=1S/C20H27N5O2S/c1-20(2,18-21-12-7-3-4-8-13(12)22-18)25-16(26)10-6-5-9-15-17-14(11-28-15)23-19(27)24-17/h3-4,7-8,14-15,17H,5-6,9-11H2,1-2H3,(H,21,22)(H,25,26)(H2,23,24,27)/t14-,15-,17-/m0/s1. The fraction of sp³-hybridized carbons (Fsp3) is 0.550. The predicted molar refractivity (Wildman–Crippen MR) is 111 cm³/mol. The van der Waals surface area contributed by atoms with Crippen molar-refractivity contribution in [2.45, 2.75) is 62.4 Å². The van der Waals surface area contributed by atoms with Gasteiger partial charge in [-0.25, -0.2) is 9.78 Å². The first-order chi connectivity index (χ1) is 13.4. The summed E-state index contributed by atoms with van der Waals surface area (Å²) in [4.78, 5) is 31.8. The summed E-state index contributed by atoms with van der Waals surface area (Å²) in [5.41, 5.74) is 1.33. The Morgan fingerprint density at radius 3 is 2.93 bits per heavy atom. The van der Waals surface area contributed by atoms with E-state index in [1.165, 1.54) is 0 Å². The summed E-state index contributed by atoms with van der Waals surface area (Å²) in [5, 5.41) is 9.52. The zero-order chi connectivity index (χ0) is 19.7.